The maximum atomic E-state index is 3.58. The van der Waals surface area contributed by atoms with Crippen LogP contribution in [0.4, 0.5) is 0 Å². The number of rotatable bonds is 1. The number of hydrogen-bond donors (Lipinski definition) is 2. The molecule has 0 radical (unpaired) electrons. The number of hydrogen-bond acceptors (Lipinski definition) is 1. The Kier molecular flexibility index (Phi) is 5.50. The molecular formula is C13H25IN2. The third-order valence-corrected chi connectivity index (χ3v) is 2.54. The zero-order chi connectivity index (χ0) is 11.7. The Morgan fingerprint density at radius 1 is 1.25 bits per heavy atom. The van der Waals surface area contributed by atoms with E-state index in [0.717, 1.165) is 12.8 Å². The Balaban J connectivity index is 0.00000225. The van der Waals surface area contributed by atoms with E-state index in [0.29, 0.717) is 5.41 Å². The highest BCUT2D eigenvalue weighted by molar-refractivity contribution is 5.92. The second kappa shape index (κ2) is 5.52. The molecule has 0 aromatic carbocycles. The van der Waals surface area contributed by atoms with Crippen molar-refractivity contribution < 1.29 is 29.0 Å². The van der Waals surface area contributed by atoms with Gasteiger partial charge in [-0.1, -0.05) is 13.8 Å². The third kappa shape index (κ3) is 5.32. The molecule has 0 atom stereocenters. The molecule has 1 aliphatic rings. The van der Waals surface area contributed by atoms with Crippen molar-refractivity contribution in [2.24, 2.45) is 5.41 Å². The summed E-state index contributed by atoms with van der Waals surface area (Å²) in [7, 11) is 2.00. The summed E-state index contributed by atoms with van der Waals surface area (Å²) in [6.45, 7) is 11.3. The topological polar surface area (TPSA) is 26.0 Å². The van der Waals surface area contributed by atoms with E-state index in [9.17, 15) is 0 Å². The molecule has 16 heavy (non-hydrogen) atoms. The van der Waals surface area contributed by atoms with Crippen LogP contribution in [0.15, 0.2) is 11.8 Å². The molecule has 0 spiro atoms. The summed E-state index contributed by atoms with van der Waals surface area (Å²) in [5.41, 5.74) is 3.19. The van der Waals surface area contributed by atoms with Crippen LogP contribution in [-0.2, 0) is 0 Å². The molecular weight excluding hydrogens is 311 g/mol. The molecule has 3 heteroatoms. The van der Waals surface area contributed by atoms with Gasteiger partial charge in [-0.2, -0.15) is 0 Å². The van der Waals surface area contributed by atoms with E-state index in [4.69, 9.17) is 0 Å². The first-order chi connectivity index (χ1) is 6.72. The first-order valence-corrected chi connectivity index (χ1v) is 5.74. The highest BCUT2D eigenvalue weighted by atomic mass is 127. The van der Waals surface area contributed by atoms with Crippen LogP contribution in [0.3, 0.4) is 0 Å². The number of nitrogens with one attached hydrogen (secondary N) is 2. The Labute approximate surface area is 117 Å². The van der Waals surface area contributed by atoms with Crippen LogP contribution in [0.5, 0.6) is 0 Å². The van der Waals surface area contributed by atoms with Gasteiger partial charge in [0.2, 0.25) is 0 Å². The van der Waals surface area contributed by atoms with E-state index in [2.05, 4.69) is 51.0 Å². The van der Waals surface area contributed by atoms with Crippen LogP contribution in [0, 0.1) is 5.41 Å². The summed E-state index contributed by atoms with van der Waals surface area (Å²) < 4.78 is 0. The second-order valence-corrected chi connectivity index (χ2v) is 6.34. The largest absolute Gasteiger partial charge is 1.00 e. The molecule has 0 aromatic rings. The zero-order valence-electron chi connectivity index (χ0n) is 11.4. The average molecular weight is 336 g/mol. The van der Waals surface area contributed by atoms with Gasteiger partial charge in [0.05, 0.1) is 0 Å². The lowest BCUT2D eigenvalue weighted by molar-refractivity contribution is -0.421. The standard InChI is InChI=1S/C13H24N2.HI/c1-12(2,3)15-11-7-10(14-6)8-13(4,5)9-11;/h7,15H,8-9H2,1-6H3;1H. The minimum atomic E-state index is 0. The predicted molar refractivity (Wildman–Crippen MR) is 65.9 cm³/mol. The molecule has 0 heterocycles. The van der Waals surface area contributed by atoms with Gasteiger partial charge in [-0.25, -0.2) is 4.99 Å². The van der Waals surface area contributed by atoms with Crippen molar-refractivity contribution >= 4 is 5.71 Å². The van der Waals surface area contributed by atoms with Gasteiger partial charge in [0.25, 0.3) is 0 Å². The molecule has 2 N–H and O–H groups in total. The van der Waals surface area contributed by atoms with Crippen LogP contribution in [0.25, 0.3) is 0 Å². The average Bonchev–Trinajstić information content (AvgIpc) is 1.97. The van der Waals surface area contributed by atoms with Gasteiger partial charge in [-0.05, 0) is 32.6 Å². The number of allylic oxidation sites excluding steroid dienone is 2. The predicted octanol–water partition coefficient (Wildman–Crippen LogP) is -1.77. The lowest BCUT2D eigenvalue weighted by Crippen LogP contribution is -3.00. The molecule has 0 bridgehead atoms. The molecule has 1 rings (SSSR count). The normalized spacial score (nSPS) is 22.4. The summed E-state index contributed by atoms with van der Waals surface area (Å²) in [5, 5.41) is 3.58. The van der Waals surface area contributed by atoms with Crippen molar-refractivity contribution in [2.45, 2.75) is 53.0 Å². The van der Waals surface area contributed by atoms with Crippen LogP contribution in [0.2, 0.25) is 0 Å². The van der Waals surface area contributed by atoms with Crippen molar-refractivity contribution in [3.05, 3.63) is 11.8 Å². The van der Waals surface area contributed by atoms with Gasteiger partial charge in [0, 0.05) is 23.7 Å². The van der Waals surface area contributed by atoms with Gasteiger partial charge in [-0.3, -0.25) is 0 Å². The molecule has 0 fully saturated rings. The molecule has 0 aliphatic heterocycles. The molecule has 1 aliphatic carbocycles. The maximum absolute atomic E-state index is 3.58. The first-order valence-electron chi connectivity index (χ1n) is 5.74. The molecule has 0 saturated heterocycles. The Hall–Kier alpha value is -0.0600. The first kappa shape index (κ1) is 15.9. The Morgan fingerprint density at radius 2 is 1.81 bits per heavy atom. The van der Waals surface area contributed by atoms with Gasteiger partial charge in [0.15, 0.2) is 5.71 Å². The summed E-state index contributed by atoms with van der Waals surface area (Å²) in [6.07, 6.45) is 4.53. The van der Waals surface area contributed by atoms with E-state index in [-0.39, 0.29) is 29.5 Å². The minimum Gasteiger partial charge on any atom is -1.00 e. The monoisotopic (exact) mass is 336 g/mol. The molecule has 0 amide bonds. The van der Waals surface area contributed by atoms with Gasteiger partial charge in [-0.15, -0.1) is 0 Å². The fourth-order valence-corrected chi connectivity index (χ4v) is 2.13. The lowest BCUT2D eigenvalue weighted by Gasteiger charge is -2.33. The summed E-state index contributed by atoms with van der Waals surface area (Å²) in [6, 6.07) is 0. The van der Waals surface area contributed by atoms with E-state index in [1.165, 1.54) is 11.4 Å². The lowest BCUT2D eigenvalue weighted by atomic mass is 9.78. The second-order valence-electron chi connectivity index (χ2n) is 6.34. The van der Waals surface area contributed by atoms with Crippen LogP contribution in [-0.4, -0.2) is 18.3 Å². The fraction of sp³-hybridized carbons (Fsp3) is 0.769. The highest BCUT2D eigenvalue weighted by Crippen LogP contribution is 2.32. The van der Waals surface area contributed by atoms with Crippen molar-refractivity contribution in [3.63, 3.8) is 0 Å². The summed E-state index contributed by atoms with van der Waals surface area (Å²) >= 11 is 0. The molecule has 94 valence electrons. The van der Waals surface area contributed by atoms with Crippen molar-refractivity contribution in [2.75, 3.05) is 7.05 Å². The molecule has 0 aromatic heterocycles. The Morgan fingerprint density at radius 3 is 2.25 bits per heavy atom. The van der Waals surface area contributed by atoms with Gasteiger partial charge in [0.1, 0.15) is 7.05 Å². The zero-order valence-corrected chi connectivity index (χ0v) is 13.5. The van der Waals surface area contributed by atoms with Gasteiger partial charge >= 0.3 is 0 Å². The van der Waals surface area contributed by atoms with E-state index in [1.807, 2.05) is 7.05 Å². The SMILES string of the molecule is C[NH+]=C1C=C(NC(C)(C)C)CC(C)(C)C1.[I-]. The van der Waals surface area contributed by atoms with E-state index >= 15 is 0 Å². The summed E-state index contributed by atoms with van der Waals surface area (Å²) in [4.78, 5) is 3.28. The Bertz CT molecular complexity index is 296. The fourth-order valence-electron chi connectivity index (χ4n) is 2.13. The van der Waals surface area contributed by atoms with E-state index < -0.39 is 0 Å². The van der Waals surface area contributed by atoms with Crippen molar-refractivity contribution in [3.8, 4) is 0 Å². The molecule has 0 unspecified atom stereocenters. The minimum absolute atomic E-state index is 0. The van der Waals surface area contributed by atoms with Crippen molar-refractivity contribution in [1.29, 1.82) is 0 Å². The third-order valence-electron chi connectivity index (χ3n) is 2.54. The maximum Gasteiger partial charge on any atom is 0.176 e. The van der Waals surface area contributed by atoms with Gasteiger partial charge < -0.3 is 29.3 Å². The number of halogens is 1. The van der Waals surface area contributed by atoms with Crippen LogP contribution >= 0.6 is 0 Å². The summed E-state index contributed by atoms with van der Waals surface area (Å²) in [5.74, 6) is 0. The smallest absolute Gasteiger partial charge is 0.176 e. The molecule has 2 nitrogen and oxygen atoms in total. The van der Waals surface area contributed by atoms with E-state index in [1.54, 1.807) is 0 Å². The quantitative estimate of drug-likeness (QED) is 0.545. The van der Waals surface area contributed by atoms with Crippen LogP contribution in [0.1, 0.15) is 47.5 Å². The van der Waals surface area contributed by atoms with Crippen molar-refractivity contribution in [1.82, 2.24) is 5.32 Å². The van der Waals surface area contributed by atoms with Crippen LogP contribution < -0.4 is 34.3 Å². The highest BCUT2D eigenvalue weighted by Gasteiger charge is 2.29. The molecule has 0 saturated carbocycles.